The molecular weight excluding hydrogens is 206 g/mol. The van der Waals surface area contributed by atoms with E-state index < -0.39 is 0 Å². The van der Waals surface area contributed by atoms with Gasteiger partial charge in [0, 0.05) is 6.54 Å². The molecule has 0 radical (unpaired) electrons. The topological polar surface area (TPSA) is 71.2 Å². The summed E-state index contributed by atoms with van der Waals surface area (Å²) < 4.78 is 4.92. The Kier molecular flexibility index (Phi) is 3.16. The van der Waals surface area contributed by atoms with Crippen LogP contribution in [0.15, 0.2) is 28.8 Å². The molecule has 0 spiro atoms. The highest BCUT2D eigenvalue weighted by atomic mass is 16.5. The third-order valence-corrected chi connectivity index (χ3v) is 2.15. The monoisotopic (exact) mass is 219 g/mol. The van der Waals surface area contributed by atoms with Gasteiger partial charge in [0.15, 0.2) is 5.82 Å². The first kappa shape index (κ1) is 10.6. The van der Waals surface area contributed by atoms with Crippen molar-refractivity contribution in [2.24, 2.45) is 0 Å². The molecule has 5 heteroatoms. The predicted molar refractivity (Wildman–Crippen MR) is 58.7 cm³/mol. The van der Waals surface area contributed by atoms with Crippen LogP contribution in [0.3, 0.4) is 0 Å². The van der Waals surface area contributed by atoms with Crippen molar-refractivity contribution in [3.05, 3.63) is 41.2 Å². The first-order chi connectivity index (χ1) is 7.78. The van der Waals surface area contributed by atoms with Crippen molar-refractivity contribution >= 4 is 6.01 Å². The van der Waals surface area contributed by atoms with E-state index in [2.05, 4.69) is 15.5 Å². The number of nitrogens with zero attached hydrogens (tertiary/aromatic N) is 2. The number of aliphatic hydroxyl groups excluding tert-OH is 1. The molecule has 2 N–H and O–H groups in total. The smallest absolute Gasteiger partial charge is 0.321 e. The molecule has 0 aliphatic carbocycles. The van der Waals surface area contributed by atoms with Gasteiger partial charge in [-0.15, -0.1) is 0 Å². The highest BCUT2D eigenvalue weighted by molar-refractivity contribution is 5.27. The molecule has 0 fully saturated rings. The van der Waals surface area contributed by atoms with Crippen molar-refractivity contribution < 1.29 is 9.63 Å². The van der Waals surface area contributed by atoms with E-state index in [9.17, 15) is 0 Å². The van der Waals surface area contributed by atoms with Crippen molar-refractivity contribution in [3.63, 3.8) is 0 Å². The van der Waals surface area contributed by atoms with Crippen LogP contribution in [0.2, 0.25) is 0 Å². The van der Waals surface area contributed by atoms with E-state index >= 15 is 0 Å². The second kappa shape index (κ2) is 4.76. The summed E-state index contributed by atoms with van der Waals surface area (Å²) in [4.78, 5) is 4.03. The van der Waals surface area contributed by atoms with Crippen molar-refractivity contribution in [2.75, 3.05) is 5.32 Å². The largest absolute Gasteiger partial charge is 0.392 e. The van der Waals surface area contributed by atoms with Gasteiger partial charge in [0.2, 0.25) is 0 Å². The molecule has 0 aliphatic heterocycles. The van der Waals surface area contributed by atoms with Gasteiger partial charge in [-0.25, -0.2) is 0 Å². The molecule has 0 saturated heterocycles. The SMILES string of the molecule is Cc1noc(NCc2cccc(CO)c2)n1. The molecule has 0 unspecified atom stereocenters. The molecule has 0 bridgehead atoms. The first-order valence-electron chi connectivity index (χ1n) is 5.01. The molecule has 5 nitrogen and oxygen atoms in total. The van der Waals surface area contributed by atoms with E-state index in [4.69, 9.17) is 9.63 Å². The molecule has 16 heavy (non-hydrogen) atoms. The van der Waals surface area contributed by atoms with Gasteiger partial charge in [-0.05, 0) is 18.1 Å². The number of aromatic nitrogens is 2. The third-order valence-electron chi connectivity index (χ3n) is 2.15. The van der Waals surface area contributed by atoms with Crippen molar-refractivity contribution in [2.45, 2.75) is 20.1 Å². The van der Waals surface area contributed by atoms with E-state index in [0.29, 0.717) is 18.4 Å². The Hall–Kier alpha value is -1.88. The summed E-state index contributed by atoms with van der Waals surface area (Å²) in [6.07, 6.45) is 0. The van der Waals surface area contributed by atoms with Crippen LogP contribution in [-0.4, -0.2) is 15.2 Å². The van der Waals surface area contributed by atoms with Crippen LogP contribution in [0.25, 0.3) is 0 Å². The number of anilines is 1. The van der Waals surface area contributed by atoms with Crippen LogP contribution in [0, 0.1) is 6.92 Å². The van der Waals surface area contributed by atoms with Gasteiger partial charge in [0.1, 0.15) is 0 Å². The number of benzene rings is 1. The summed E-state index contributed by atoms with van der Waals surface area (Å²) in [5, 5.41) is 15.7. The van der Waals surface area contributed by atoms with Crippen molar-refractivity contribution in [3.8, 4) is 0 Å². The van der Waals surface area contributed by atoms with Gasteiger partial charge in [-0.3, -0.25) is 0 Å². The lowest BCUT2D eigenvalue weighted by molar-refractivity contribution is 0.281. The Morgan fingerprint density at radius 1 is 1.38 bits per heavy atom. The molecule has 0 amide bonds. The van der Waals surface area contributed by atoms with Gasteiger partial charge in [0.05, 0.1) is 6.61 Å². The maximum atomic E-state index is 8.99. The Bertz CT molecular complexity index is 468. The average molecular weight is 219 g/mol. The fourth-order valence-corrected chi connectivity index (χ4v) is 1.38. The number of hydrogen-bond donors (Lipinski definition) is 2. The highest BCUT2D eigenvalue weighted by Gasteiger charge is 2.01. The predicted octanol–water partition coefficient (Wildman–Crippen LogP) is 1.48. The molecule has 1 aromatic heterocycles. The maximum Gasteiger partial charge on any atom is 0.321 e. The second-order valence-electron chi connectivity index (χ2n) is 3.48. The number of aliphatic hydroxyl groups is 1. The first-order valence-corrected chi connectivity index (χ1v) is 5.01. The standard InChI is InChI=1S/C11H13N3O2/c1-8-13-11(16-14-8)12-6-9-3-2-4-10(5-9)7-15/h2-5,15H,6-7H2,1H3,(H,12,13,14). The normalized spacial score (nSPS) is 10.4. The minimum Gasteiger partial charge on any atom is -0.392 e. The molecule has 84 valence electrons. The average Bonchev–Trinajstić information content (AvgIpc) is 2.73. The van der Waals surface area contributed by atoms with Crippen LogP contribution < -0.4 is 5.32 Å². The van der Waals surface area contributed by atoms with Crippen LogP contribution in [-0.2, 0) is 13.2 Å². The molecule has 1 heterocycles. The quantitative estimate of drug-likeness (QED) is 0.815. The lowest BCUT2D eigenvalue weighted by Crippen LogP contribution is -2.00. The van der Waals surface area contributed by atoms with Crippen LogP contribution in [0.4, 0.5) is 6.01 Å². The van der Waals surface area contributed by atoms with Crippen LogP contribution >= 0.6 is 0 Å². The molecule has 0 aliphatic rings. The van der Waals surface area contributed by atoms with E-state index in [1.807, 2.05) is 24.3 Å². The maximum absolute atomic E-state index is 8.99. The summed E-state index contributed by atoms with van der Waals surface area (Å²) in [5.74, 6) is 0.603. The number of aryl methyl sites for hydroxylation is 1. The van der Waals surface area contributed by atoms with E-state index in [-0.39, 0.29) is 6.61 Å². The van der Waals surface area contributed by atoms with E-state index in [0.717, 1.165) is 11.1 Å². The van der Waals surface area contributed by atoms with Gasteiger partial charge < -0.3 is 14.9 Å². The zero-order chi connectivity index (χ0) is 11.4. The lowest BCUT2D eigenvalue weighted by Gasteiger charge is -2.03. The molecule has 0 saturated carbocycles. The summed E-state index contributed by atoms with van der Waals surface area (Å²) in [6.45, 7) is 2.41. The lowest BCUT2D eigenvalue weighted by atomic mass is 10.1. The molecule has 2 rings (SSSR count). The minimum atomic E-state index is 0.0491. The summed E-state index contributed by atoms with van der Waals surface area (Å²) in [6, 6.07) is 8.08. The fourth-order valence-electron chi connectivity index (χ4n) is 1.38. The van der Waals surface area contributed by atoms with Gasteiger partial charge in [-0.2, -0.15) is 4.98 Å². The summed E-state index contributed by atoms with van der Waals surface area (Å²) >= 11 is 0. The van der Waals surface area contributed by atoms with Gasteiger partial charge in [-0.1, -0.05) is 29.4 Å². The summed E-state index contributed by atoms with van der Waals surface area (Å²) in [5.41, 5.74) is 1.95. The fraction of sp³-hybridized carbons (Fsp3) is 0.273. The number of rotatable bonds is 4. The Labute approximate surface area is 93.1 Å². The molecule has 1 aromatic carbocycles. The minimum absolute atomic E-state index is 0.0491. The van der Waals surface area contributed by atoms with E-state index in [1.165, 1.54) is 0 Å². The van der Waals surface area contributed by atoms with Crippen molar-refractivity contribution in [1.29, 1.82) is 0 Å². The highest BCUT2D eigenvalue weighted by Crippen LogP contribution is 2.08. The zero-order valence-electron chi connectivity index (χ0n) is 8.97. The molecule has 0 atom stereocenters. The van der Waals surface area contributed by atoms with Crippen molar-refractivity contribution in [1.82, 2.24) is 10.1 Å². The van der Waals surface area contributed by atoms with Crippen LogP contribution in [0.1, 0.15) is 17.0 Å². The van der Waals surface area contributed by atoms with Gasteiger partial charge >= 0.3 is 6.01 Å². The second-order valence-corrected chi connectivity index (χ2v) is 3.48. The zero-order valence-corrected chi connectivity index (χ0v) is 8.97. The Morgan fingerprint density at radius 3 is 2.88 bits per heavy atom. The number of hydrogen-bond acceptors (Lipinski definition) is 5. The Morgan fingerprint density at radius 2 is 2.19 bits per heavy atom. The van der Waals surface area contributed by atoms with Gasteiger partial charge in [0.25, 0.3) is 0 Å². The third kappa shape index (κ3) is 2.58. The Balaban J connectivity index is 1.99. The molecule has 2 aromatic rings. The summed E-state index contributed by atoms with van der Waals surface area (Å²) in [7, 11) is 0. The van der Waals surface area contributed by atoms with E-state index in [1.54, 1.807) is 6.92 Å². The van der Waals surface area contributed by atoms with Crippen LogP contribution in [0.5, 0.6) is 0 Å². The molecular formula is C11H13N3O2. The number of nitrogens with one attached hydrogen (secondary N) is 1.